The van der Waals surface area contributed by atoms with E-state index in [1.165, 1.54) is 5.56 Å². The number of hydrogen-bond donors (Lipinski definition) is 2. The van der Waals surface area contributed by atoms with E-state index in [4.69, 9.17) is 16.3 Å². The summed E-state index contributed by atoms with van der Waals surface area (Å²) in [7, 11) is 0. The number of carbonyl (C=O) groups excluding carboxylic acids is 1. The van der Waals surface area contributed by atoms with E-state index in [2.05, 4.69) is 45.9 Å². The fraction of sp³-hybridized carbons (Fsp3) is 0.409. The van der Waals surface area contributed by atoms with Crippen molar-refractivity contribution < 1.29 is 9.53 Å². The smallest absolute Gasteiger partial charge is 0.255 e. The van der Waals surface area contributed by atoms with Crippen molar-refractivity contribution in [2.24, 2.45) is 0 Å². The molecule has 2 aromatic carbocycles. The van der Waals surface area contributed by atoms with Crippen LogP contribution in [-0.2, 0) is 11.3 Å². The highest BCUT2D eigenvalue weighted by Gasteiger charge is 2.53. The zero-order valence-electron chi connectivity index (χ0n) is 15.7. The van der Waals surface area contributed by atoms with Crippen molar-refractivity contribution in [1.29, 1.82) is 0 Å². The molecule has 0 saturated carbocycles. The Morgan fingerprint density at radius 1 is 1.07 bits per heavy atom. The molecule has 2 saturated heterocycles. The number of likely N-dealkylation sites (tertiary alicyclic amines) is 1. The number of halogens is 1. The fourth-order valence-electron chi connectivity index (χ4n) is 4.76. The number of fused-ring (bicyclic) bond motifs is 1. The SMILES string of the molecule is O=C1N[C@@]2(COC3(CCN(Cc4ccccc4)CC3)C2)Nc2ccc(Cl)cc21. The average molecular weight is 398 g/mol. The summed E-state index contributed by atoms with van der Waals surface area (Å²) in [5.74, 6) is -0.0848. The van der Waals surface area contributed by atoms with Crippen LogP contribution in [0.25, 0.3) is 0 Å². The van der Waals surface area contributed by atoms with Gasteiger partial charge < -0.3 is 15.4 Å². The molecule has 2 N–H and O–H groups in total. The van der Waals surface area contributed by atoms with E-state index < -0.39 is 5.66 Å². The summed E-state index contributed by atoms with van der Waals surface area (Å²) in [6.07, 6.45) is 2.74. The molecule has 5 rings (SSSR count). The van der Waals surface area contributed by atoms with E-state index in [0.29, 0.717) is 17.2 Å². The van der Waals surface area contributed by atoms with Crippen molar-refractivity contribution in [2.75, 3.05) is 25.0 Å². The third kappa shape index (κ3) is 3.28. The third-order valence-electron chi connectivity index (χ3n) is 6.22. The minimum atomic E-state index is -0.528. The molecule has 146 valence electrons. The molecular weight excluding hydrogens is 374 g/mol. The van der Waals surface area contributed by atoms with Gasteiger partial charge in [0.1, 0.15) is 5.66 Å². The molecule has 0 aliphatic carbocycles. The lowest BCUT2D eigenvalue weighted by atomic mass is 9.84. The fourth-order valence-corrected chi connectivity index (χ4v) is 4.93. The highest BCUT2D eigenvalue weighted by atomic mass is 35.5. The van der Waals surface area contributed by atoms with Crippen LogP contribution in [0.1, 0.15) is 35.2 Å². The predicted molar refractivity (Wildman–Crippen MR) is 110 cm³/mol. The maximum Gasteiger partial charge on any atom is 0.255 e. The lowest BCUT2D eigenvalue weighted by molar-refractivity contribution is -0.0452. The Morgan fingerprint density at radius 3 is 2.64 bits per heavy atom. The molecule has 2 aromatic rings. The van der Waals surface area contributed by atoms with Crippen molar-refractivity contribution in [1.82, 2.24) is 10.2 Å². The molecule has 2 spiro atoms. The topological polar surface area (TPSA) is 53.6 Å². The van der Waals surface area contributed by atoms with E-state index in [-0.39, 0.29) is 11.5 Å². The van der Waals surface area contributed by atoms with E-state index >= 15 is 0 Å². The van der Waals surface area contributed by atoms with Gasteiger partial charge in [-0.25, -0.2) is 0 Å². The van der Waals surface area contributed by atoms with E-state index in [1.54, 1.807) is 6.07 Å². The Hall–Kier alpha value is -2.08. The highest BCUT2D eigenvalue weighted by molar-refractivity contribution is 6.31. The Bertz CT molecular complexity index is 896. The average Bonchev–Trinajstić information content (AvgIpc) is 3.03. The molecule has 2 fully saturated rings. The van der Waals surface area contributed by atoms with Gasteiger partial charge >= 0.3 is 0 Å². The number of amides is 1. The van der Waals surface area contributed by atoms with Gasteiger partial charge in [0.05, 0.1) is 17.8 Å². The van der Waals surface area contributed by atoms with Crippen LogP contribution in [0.5, 0.6) is 0 Å². The van der Waals surface area contributed by atoms with Gasteiger partial charge in [0.25, 0.3) is 5.91 Å². The summed E-state index contributed by atoms with van der Waals surface area (Å²) >= 11 is 6.04. The van der Waals surface area contributed by atoms with Gasteiger partial charge in [0.2, 0.25) is 0 Å². The molecule has 3 aliphatic heterocycles. The normalized spacial score (nSPS) is 26.1. The van der Waals surface area contributed by atoms with Crippen LogP contribution in [-0.4, -0.2) is 41.8 Å². The van der Waals surface area contributed by atoms with Gasteiger partial charge in [-0.1, -0.05) is 41.9 Å². The highest BCUT2D eigenvalue weighted by Crippen LogP contribution is 2.43. The summed E-state index contributed by atoms with van der Waals surface area (Å²) in [6.45, 7) is 3.47. The summed E-state index contributed by atoms with van der Waals surface area (Å²) < 4.78 is 6.33. The Balaban J connectivity index is 1.26. The summed E-state index contributed by atoms with van der Waals surface area (Å²) in [4.78, 5) is 15.1. The maximum absolute atomic E-state index is 12.7. The quantitative estimate of drug-likeness (QED) is 0.812. The standard InChI is InChI=1S/C22H24ClN3O2/c23-17-6-7-19-18(12-17)20(27)25-22(24-19)14-21(28-15-22)8-10-26(11-9-21)13-16-4-2-1-3-5-16/h1-7,12,24H,8-11,13-15H2,(H,25,27)/t22-/m0/s1. The van der Waals surface area contributed by atoms with Crippen LogP contribution >= 0.6 is 11.6 Å². The first-order valence-electron chi connectivity index (χ1n) is 9.85. The second-order valence-electron chi connectivity index (χ2n) is 8.26. The van der Waals surface area contributed by atoms with Crippen molar-refractivity contribution >= 4 is 23.2 Å². The molecule has 6 heteroatoms. The summed E-state index contributed by atoms with van der Waals surface area (Å²) in [5.41, 5.74) is 2.07. The molecule has 5 nitrogen and oxygen atoms in total. The van der Waals surface area contributed by atoms with E-state index in [0.717, 1.165) is 44.6 Å². The largest absolute Gasteiger partial charge is 0.370 e. The number of rotatable bonds is 2. The van der Waals surface area contributed by atoms with Gasteiger partial charge in [0, 0.05) is 36.8 Å². The van der Waals surface area contributed by atoms with Crippen molar-refractivity contribution in [3.63, 3.8) is 0 Å². The van der Waals surface area contributed by atoms with Crippen LogP contribution in [0.4, 0.5) is 5.69 Å². The number of piperidine rings is 1. The van der Waals surface area contributed by atoms with E-state index in [9.17, 15) is 4.79 Å². The Kier molecular flexibility index (Phi) is 4.34. The lowest BCUT2D eigenvalue weighted by Crippen LogP contribution is -2.59. The number of carbonyl (C=O) groups is 1. The molecule has 1 atom stereocenters. The molecule has 0 radical (unpaired) electrons. The zero-order chi connectivity index (χ0) is 19.2. The zero-order valence-corrected chi connectivity index (χ0v) is 16.5. The minimum Gasteiger partial charge on any atom is -0.370 e. The van der Waals surface area contributed by atoms with Crippen LogP contribution in [0.3, 0.4) is 0 Å². The second-order valence-corrected chi connectivity index (χ2v) is 8.70. The van der Waals surface area contributed by atoms with Crippen LogP contribution in [0.2, 0.25) is 5.02 Å². The number of anilines is 1. The van der Waals surface area contributed by atoms with Gasteiger partial charge in [-0.15, -0.1) is 0 Å². The predicted octanol–water partition coefficient (Wildman–Crippen LogP) is 3.65. The first-order valence-corrected chi connectivity index (χ1v) is 10.2. The number of nitrogens with zero attached hydrogens (tertiary/aromatic N) is 1. The number of nitrogens with one attached hydrogen (secondary N) is 2. The molecule has 1 amide bonds. The first kappa shape index (κ1) is 18.0. The first-order chi connectivity index (χ1) is 13.5. The molecule has 3 aliphatic rings. The lowest BCUT2D eigenvalue weighted by Gasteiger charge is -2.41. The monoisotopic (exact) mass is 397 g/mol. The van der Waals surface area contributed by atoms with Crippen molar-refractivity contribution in [2.45, 2.75) is 37.1 Å². The van der Waals surface area contributed by atoms with Crippen LogP contribution < -0.4 is 10.6 Å². The van der Waals surface area contributed by atoms with Crippen LogP contribution in [0, 0.1) is 0 Å². The summed E-state index contributed by atoms with van der Waals surface area (Å²) in [6, 6.07) is 16.0. The summed E-state index contributed by atoms with van der Waals surface area (Å²) in [5, 5.41) is 7.24. The number of ether oxygens (including phenoxy) is 1. The minimum absolute atomic E-state index is 0.0848. The van der Waals surface area contributed by atoms with Crippen LogP contribution in [0.15, 0.2) is 48.5 Å². The third-order valence-corrected chi connectivity index (χ3v) is 6.45. The van der Waals surface area contributed by atoms with Gasteiger partial charge in [-0.05, 0) is 36.6 Å². The van der Waals surface area contributed by atoms with Crippen molar-refractivity contribution in [3.05, 3.63) is 64.7 Å². The molecular formula is C22H24ClN3O2. The number of benzene rings is 2. The second kappa shape index (κ2) is 6.76. The molecule has 0 aromatic heterocycles. The van der Waals surface area contributed by atoms with Gasteiger partial charge in [0.15, 0.2) is 0 Å². The molecule has 3 heterocycles. The molecule has 28 heavy (non-hydrogen) atoms. The van der Waals surface area contributed by atoms with Crippen molar-refractivity contribution in [3.8, 4) is 0 Å². The Morgan fingerprint density at radius 2 is 1.86 bits per heavy atom. The maximum atomic E-state index is 12.7. The van der Waals surface area contributed by atoms with Gasteiger partial charge in [-0.2, -0.15) is 0 Å². The van der Waals surface area contributed by atoms with E-state index in [1.807, 2.05) is 12.1 Å². The molecule has 0 bridgehead atoms. The Labute approximate surface area is 170 Å². The number of hydrogen-bond acceptors (Lipinski definition) is 4. The molecule has 0 unspecified atom stereocenters. The van der Waals surface area contributed by atoms with Gasteiger partial charge in [-0.3, -0.25) is 9.69 Å².